The molecule has 0 aromatic rings. The number of rotatable bonds is 1. The average molecular weight is 260 g/mol. The first-order valence-corrected chi connectivity index (χ1v) is 7.49. The first-order valence-electron chi connectivity index (χ1n) is 7.49. The van der Waals surface area contributed by atoms with E-state index in [1.165, 1.54) is 4.90 Å². The molecule has 3 rings (SSSR count). The number of nitriles is 1. The number of likely N-dealkylation sites (tertiary alicyclic amines) is 1. The Kier molecular flexibility index (Phi) is 3.08. The first kappa shape index (κ1) is 12.7. The number of carbonyl (C=O) groups is 2. The van der Waals surface area contributed by atoms with Crippen LogP contribution in [0, 0.1) is 23.2 Å². The molecule has 2 aliphatic carbocycles. The van der Waals surface area contributed by atoms with Gasteiger partial charge < -0.3 is 0 Å². The molecule has 1 heterocycles. The van der Waals surface area contributed by atoms with E-state index in [0.29, 0.717) is 12.8 Å². The number of hydrogen-bond acceptors (Lipinski definition) is 3. The highest BCUT2D eigenvalue weighted by molar-refractivity contribution is 6.06. The lowest BCUT2D eigenvalue weighted by Gasteiger charge is -2.34. The topological polar surface area (TPSA) is 61.2 Å². The summed E-state index contributed by atoms with van der Waals surface area (Å²) in [7, 11) is 0. The standard InChI is InChI=1S/C15H20N2O2/c16-10-15(8-3-1-2-4-9-15)17-13(18)11-6-5-7-12(11)14(17)19/h11-12H,1-9H2. The van der Waals surface area contributed by atoms with Crippen molar-refractivity contribution in [1.82, 2.24) is 4.90 Å². The van der Waals surface area contributed by atoms with Crippen molar-refractivity contribution < 1.29 is 9.59 Å². The van der Waals surface area contributed by atoms with Gasteiger partial charge in [0.05, 0.1) is 17.9 Å². The molecule has 0 N–H and O–H groups in total. The molecule has 4 nitrogen and oxygen atoms in total. The van der Waals surface area contributed by atoms with E-state index in [0.717, 1.165) is 44.9 Å². The molecule has 1 aliphatic heterocycles. The molecule has 102 valence electrons. The van der Waals surface area contributed by atoms with Crippen LogP contribution in [-0.4, -0.2) is 22.3 Å². The van der Waals surface area contributed by atoms with Gasteiger partial charge >= 0.3 is 0 Å². The summed E-state index contributed by atoms with van der Waals surface area (Å²) < 4.78 is 0. The molecule has 2 atom stereocenters. The fourth-order valence-electron chi connectivity index (χ4n) is 4.11. The van der Waals surface area contributed by atoms with Crippen LogP contribution >= 0.6 is 0 Å². The van der Waals surface area contributed by atoms with Crippen LogP contribution < -0.4 is 0 Å². The molecule has 0 bridgehead atoms. The Morgan fingerprint density at radius 2 is 1.47 bits per heavy atom. The second kappa shape index (κ2) is 4.63. The van der Waals surface area contributed by atoms with Gasteiger partial charge in [-0.2, -0.15) is 5.26 Å². The maximum atomic E-state index is 12.5. The van der Waals surface area contributed by atoms with Crippen molar-refractivity contribution in [1.29, 1.82) is 5.26 Å². The van der Waals surface area contributed by atoms with E-state index >= 15 is 0 Å². The average Bonchev–Trinajstić information content (AvgIpc) is 2.89. The summed E-state index contributed by atoms with van der Waals surface area (Å²) in [5, 5.41) is 9.63. The molecule has 2 saturated carbocycles. The number of nitrogens with zero attached hydrogens (tertiary/aromatic N) is 2. The number of imide groups is 1. The van der Waals surface area contributed by atoms with Crippen LogP contribution in [0.15, 0.2) is 0 Å². The Labute approximate surface area is 113 Å². The first-order chi connectivity index (χ1) is 9.19. The van der Waals surface area contributed by atoms with Crippen LogP contribution in [-0.2, 0) is 9.59 Å². The number of fused-ring (bicyclic) bond motifs is 1. The molecule has 19 heavy (non-hydrogen) atoms. The molecular weight excluding hydrogens is 240 g/mol. The second-order valence-electron chi connectivity index (χ2n) is 6.21. The lowest BCUT2D eigenvalue weighted by atomic mass is 9.89. The van der Waals surface area contributed by atoms with E-state index in [4.69, 9.17) is 0 Å². The summed E-state index contributed by atoms with van der Waals surface area (Å²) in [6, 6.07) is 2.33. The maximum absolute atomic E-state index is 12.5. The third kappa shape index (κ3) is 1.79. The van der Waals surface area contributed by atoms with Gasteiger partial charge in [-0.05, 0) is 25.7 Å². The predicted molar refractivity (Wildman–Crippen MR) is 68.7 cm³/mol. The zero-order valence-corrected chi connectivity index (χ0v) is 11.2. The minimum absolute atomic E-state index is 0.0593. The third-order valence-electron chi connectivity index (χ3n) is 5.16. The van der Waals surface area contributed by atoms with E-state index in [1.807, 2.05) is 0 Å². The lowest BCUT2D eigenvalue weighted by molar-refractivity contribution is -0.146. The summed E-state index contributed by atoms with van der Waals surface area (Å²) >= 11 is 0. The minimum Gasteiger partial charge on any atom is -0.274 e. The van der Waals surface area contributed by atoms with Gasteiger partial charge in [-0.3, -0.25) is 14.5 Å². The minimum atomic E-state index is -0.838. The van der Waals surface area contributed by atoms with Gasteiger partial charge in [-0.15, -0.1) is 0 Å². The van der Waals surface area contributed by atoms with Gasteiger partial charge in [-0.1, -0.05) is 32.1 Å². The summed E-state index contributed by atoms with van der Waals surface area (Å²) in [5.74, 6) is -0.367. The van der Waals surface area contributed by atoms with E-state index < -0.39 is 5.54 Å². The fourth-order valence-corrected chi connectivity index (χ4v) is 4.11. The molecule has 4 heteroatoms. The van der Waals surface area contributed by atoms with Crippen LogP contribution in [0.2, 0.25) is 0 Å². The van der Waals surface area contributed by atoms with Crippen molar-refractivity contribution in [3.8, 4) is 6.07 Å². The van der Waals surface area contributed by atoms with E-state index in [1.54, 1.807) is 0 Å². The molecule has 3 aliphatic rings. The molecule has 2 amide bonds. The molecule has 1 saturated heterocycles. The van der Waals surface area contributed by atoms with Gasteiger partial charge in [0.25, 0.3) is 0 Å². The molecule has 0 aromatic carbocycles. The third-order valence-corrected chi connectivity index (χ3v) is 5.16. The van der Waals surface area contributed by atoms with Gasteiger partial charge in [0.2, 0.25) is 11.8 Å². The highest BCUT2D eigenvalue weighted by atomic mass is 16.2. The Morgan fingerprint density at radius 1 is 0.947 bits per heavy atom. The highest BCUT2D eigenvalue weighted by Crippen LogP contribution is 2.45. The van der Waals surface area contributed by atoms with Gasteiger partial charge in [0.1, 0.15) is 5.54 Å². The summed E-state index contributed by atoms with van der Waals surface area (Å²) in [6.45, 7) is 0. The number of amides is 2. The van der Waals surface area contributed by atoms with Crippen LogP contribution in [0.3, 0.4) is 0 Å². The molecule has 2 unspecified atom stereocenters. The van der Waals surface area contributed by atoms with Gasteiger partial charge in [-0.25, -0.2) is 0 Å². The second-order valence-corrected chi connectivity index (χ2v) is 6.21. The Hall–Kier alpha value is -1.37. The molecule has 0 spiro atoms. The van der Waals surface area contributed by atoms with Crippen molar-refractivity contribution in [3.63, 3.8) is 0 Å². The predicted octanol–water partition coefficient (Wildman–Crippen LogP) is 2.39. The van der Waals surface area contributed by atoms with Gasteiger partial charge in [0, 0.05) is 0 Å². The Bertz CT molecular complexity index is 422. The summed E-state index contributed by atoms with van der Waals surface area (Å²) in [5.41, 5.74) is -0.838. The number of hydrogen-bond donors (Lipinski definition) is 0. The van der Waals surface area contributed by atoms with Crippen molar-refractivity contribution in [2.45, 2.75) is 63.3 Å². The molecule has 0 aromatic heterocycles. The molecular formula is C15H20N2O2. The van der Waals surface area contributed by atoms with Crippen LogP contribution in [0.25, 0.3) is 0 Å². The molecule has 0 radical (unpaired) electrons. The maximum Gasteiger partial charge on any atom is 0.234 e. The SMILES string of the molecule is N#CC1(N2C(=O)C3CCCC3C2=O)CCCCCC1. The Morgan fingerprint density at radius 3 is 1.95 bits per heavy atom. The Balaban J connectivity index is 1.93. The zero-order chi connectivity index (χ0) is 13.5. The quantitative estimate of drug-likeness (QED) is 0.537. The van der Waals surface area contributed by atoms with E-state index in [9.17, 15) is 14.9 Å². The zero-order valence-electron chi connectivity index (χ0n) is 11.2. The van der Waals surface area contributed by atoms with Crippen LogP contribution in [0.1, 0.15) is 57.8 Å². The monoisotopic (exact) mass is 260 g/mol. The molecule has 3 fully saturated rings. The van der Waals surface area contributed by atoms with Crippen molar-refractivity contribution >= 4 is 11.8 Å². The van der Waals surface area contributed by atoms with Crippen LogP contribution in [0.5, 0.6) is 0 Å². The summed E-state index contributed by atoms with van der Waals surface area (Å²) in [4.78, 5) is 26.4. The van der Waals surface area contributed by atoms with Gasteiger partial charge in [0.15, 0.2) is 0 Å². The van der Waals surface area contributed by atoms with Crippen LogP contribution in [0.4, 0.5) is 0 Å². The van der Waals surface area contributed by atoms with Crippen molar-refractivity contribution in [2.24, 2.45) is 11.8 Å². The normalized spacial score (nSPS) is 33.9. The van der Waals surface area contributed by atoms with Crippen molar-refractivity contribution in [3.05, 3.63) is 0 Å². The highest BCUT2D eigenvalue weighted by Gasteiger charge is 2.56. The number of carbonyl (C=O) groups excluding carboxylic acids is 2. The summed E-state index contributed by atoms with van der Waals surface area (Å²) in [6.07, 6.45) is 8.06. The largest absolute Gasteiger partial charge is 0.274 e. The van der Waals surface area contributed by atoms with E-state index in [2.05, 4.69) is 6.07 Å². The smallest absolute Gasteiger partial charge is 0.234 e. The fraction of sp³-hybridized carbons (Fsp3) is 0.800. The lowest BCUT2D eigenvalue weighted by Crippen LogP contribution is -2.51. The van der Waals surface area contributed by atoms with Crippen molar-refractivity contribution in [2.75, 3.05) is 0 Å². The van der Waals surface area contributed by atoms with E-state index in [-0.39, 0.29) is 23.7 Å².